The Morgan fingerprint density at radius 1 is 1.61 bits per heavy atom. The van der Waals surface area contributed by atoms with E-state index in [1.807, 2.05) is 6.07 Å². The van der Waals surface area contributed by atoms with Crippen LogP contribution in [0.2, 0.25) is 0 Å². The molecule has 2 rings (SSSR count). The second kappa shape index (κ2) is 5.02. The maximum Gasteiger partial charge on any atom is 0.287 e. The Kier molecular flexibility index (Phi) is 3.44. The summed E-state index contributed by atoms with van der Waals surface area (Å²) in [7, 11) is 0. The molecular weight excluding hydrogens is 232 g/mol. The molecule has 94 valence electrons. The first-order chi connectivity index (χ1) is 8.63. The molecule has 1 atom stereocenters. The minimum absolute atomic E-state index is 0.114. The summed E-state index contributed by atoms with van der Waals surface area (Å²) in [5.74, 6) is 0. The minimum atomic E-state index is -0.524. The largest absolute Gasteiger partial charge is 0.366 e. The van der Waals surface area contributed by atoms with Crippen LogP contribution >= 0.6 is 0 Å². The van der Waals surface area contributed by atoms with Crippen molar-refractivity contribution in [2.75, 3.05) is 24.5 Å². The topological polar surface area (TPSA) is 82.2 Å². The molecule has 0 saturated carbocycles. The highest BCUT2D eigenvalue weighted by atomic mass is 16.6. The van der Waals surface area contributed by atoms with Crippen LogP contribution in [0.3, 0.4) is 0 Å². The van der Waals surface area contributed by atoms with Crippen LogP contribution in [-0.2, 0) is 0 Å². The molecule has 0 amide bonds. The van der Waals surface area contributed by atoms with Gasteiger partial charge in [-0.25, -0.2) is 0 Å². The SMILES string of the molecule is CC1CNCCN1c1ccc([N+](=O)[O-])c(C#N)c1. The highest BCUT2D eigenvalue weighted by molar-refractivity contribution is 5.60. The fourth-order valence-corrected chi connectivity index (χ4v) is 2.18. The summed E-state index contributed by atoms with van der Waals surface area (Å²) in [5, 5.41) is 23.0. The van der Waals surface area contributed by atoms with Crippen LogP contribution in [0.1, 0.15) is 12.5 Å². The van der Waals surface area contributed by atoms with Gasteiger partial charge in [0.25, 0.3) is 5.69 Å². The summed E-state index contributed by atoms with van der Waals surface area (Å²) in [6.45, 7) is 4.67. The predicted molar refractivity (Wildman–Crippen MR) is 67.5 cm³/mol. The molecule has 0 aromatic heterocycles. The number of hydrogen-bond donors (Lipinski definition) is 1. The minimum Gasteiger partial charge on any atom is -0.366 e. The van der Waals surface area contributed by atoms with E-state index >= 15 is 0 Å². The number of rotatable bonds is 2. The third kappa shape index (κ3) is 2.26. The summed E-state index contributed by atoms with van der Waals surface area (Å²) >= 11 is 0. The summed E-state index contributed by atoms with van der Waals surface area (Å²) < 4.78 is 0. The molecular formula is C12H14N4O2. The molecule has 18 heavy (non-hydrogen) atoms. The maximum atomic E-state index is 10.8. The number of nitro groups is 1. The number of nitriles is 1. The number of hydrogen-bond acceptors (Lipinski definition) is 5. The van der Waals surface area contributed by atoms with Gasteiger partial charge in [-0.2, -0.15) is 5.26 Å². The van der Waals surface area contributed by atoms with E-state index < -0.39 is 4.92 Å². The Morgan fingerprint density at radius 2 is 2.39 bits per heavy atom. The molecule has 0 spiro atoms. The van der Waals surface area contributed by atoms with Gasteiger partial charge < -0.3 is 10.2 Å². The normalized spacial score (nSPS) is 19.3. The number of piperazine rings is 1. The number of nitro benzene ring substituents is 1. The molecule has 1 saturated heterocycles. The predicted octanol–water partition coefficient (Wildman–Crippen LogP) is 1.26. The molecule has 1 aromatic rings. The van der Waals surface area contributed by atoms with Crippen molar-refractivity contribution in [3.05, 3.63) is 33.9 Å². The van der Waals surface area contributed by atoms with Gasteiger partial charge in [0.15, 0.2) is 0 Å². The van der Waals surface area contributed by atoms with Gasteiger partial charge in [0.05, 0.1) is 4.92 Å². The van der Waals surface area contributed by atoms with Crippen molar-refractivity contribution in [3.63, 3.8) is 0 Å². The van der Waals surface area contributed by atoms with E-state index in [2.05, 4.69) is 17.1 Å². The van der Waals surface area contributed by atoms with E-state index in [1.54, 1.807) is 12.1 Å². The van der Waals surface area contributed by atoms with Crippen molar-refractivity contribution in [1.29, 1.82) is 5.26 Å². The highest BCUT2D eigenvalue weighted by Crippen LogP contribution is 2.26. The Balaban J connectivity index is 2.35. The van der Waals surface area contributed by atoms with E-state index in [-0.39, 0.29) is 11.3 Å². The second-order valence-corrected chi connectivity index (χ2v) is 4.32. The summed E-state index contributed by atoms with van der Waals surface area (Å²) in [4.78, 5) is 12.4. The molecule has 1 heterocycles. The Hall–Kier alpha value is -2.13. The van der Waals surface area contributed by atoms with Crippen LogP contribution < -0.4 is 10.2 Å². The lowest BCUT2D eigenvalue weighted by Crippen LogP contribution is -2.49. The summed E-state index contributed by atoms with van der Waals surface area (Å²) in [6.07, 6.45) is 0. The lowest BCUT2D eigenvalue weighted by Gasteiger charge is -2.35. The molecule has 6 heteroatoms. The van der Waals surface area contributed by atoms with E-state index in [0.717, 1.165) is 25.3 Å². The van der Waals surface area contributed by atoms with Crippen LogP contribution in [-0.4, -0.2) is 30.6 Å². The smallest absolute Gasteiger partial charge is 0.287 e. The molecule has 6 nitrogen and oxygen atoms in total. The molecule has 1 aliphatic rings. The van der Waals surface area contributed by atoms with Crippen molar-refractivity contribution >= 4 is 11.4 Å². The zero-order valence-electron chi connectivity index (χ0n) is 10.1. The standard InChI is InChI=1S/C12H14N4O2/c1-9-8-14-4-5-15(9)11-2-3-12(16(17)18)10(6-11)7-13/h2-3,6,9,14H,4-5,8H2,1H3. The molecule has 0 radical (unpaired) electrons. The Labute approximate surface area is 105 Å². The van der Waals surface area contributed by atoms with Crippen LogP contribution in [0, 0.1) is 21.4 Å². The molecule has 1 aromatic carbocycles. The fraction of sp³-hybridized carbons (Fsp3) is 0.417. The van der Waals surface area contributed by atoms with Gasteiger partial charge in [-0.1, -0.05) is 0 Å². The Bertz CT molecular complexity index is 509. The van der Waals surface area contributed by atoms with Gasteiger partial charge in [-0.05, 0) is 19.1 Å². The number of nitrogens with zero attached hydrogens (tertiary/aromatic N) is 3. The highest BCUT2D eigenvalue weighted by Gasteiger charge is 2.21. The van der Waals surface area contributed by atoms with Gasteiger partial charge in [0, 0.05) is 37.4 Å². The number of nitrogens with one attached hydrogen (secondary N) is 1. The zero-order chi connectivity index (χ0) is 13.1. The molecule has 1 aliphatic heterocycles. The van der Waals surface area contributed by atoms with Gasteiger partial charge in [-0.3, -0.25) is 10.1 Å². The molecule has 0 bridgehead atoms. The first kappa shape index (κ1) is 12.3. The average Bonchev–Trinajstić information content (AvgIpc) is 2.38. The third-order valence-electron chi connectivity index (χ3n) is 3.13. The first-order valence-electron chi connectivity index (χ1n) is 5.79. The number of anilines is 1. The van der Waals surface area contributed by atoms with Crippen molar-refractivity contribution < 1.29 is 4.92 Å². The quantitative estimate of drug-likeness (QED) is 0.627. The fourth-order valence-electron chi connectivity index (χ4n) is 2.18. The van der Waals surface area contributed by atoms with E-state index in [4.69, 9.17) is 5.26 Å². The van der Waals surface area contributed by atoms with E-state index in [9.17, 15) is 10.1 Å². The summed E-state index contributed by atoms with van der Waals surface area (Å²) in [6, 6.07) is 6.91. The van der Waals surface area contributed by atoms with Gasteiger partial charge in [0.1, 0.15) is 11.6 Å². The van der Waals surface area contributed by atoms with Crippen molar-refractivity contribution in [2.24, 2.45) is 0 Å². The molecule has 1 unspecified atom stereocenters. The van der Waals surface area contributed by atoms with Gasteiger partial charge in [0.2, 0.25) is 0 Å². The van der Waals surface area contributed by atoms with Crippen molar-refractivity contribution in [2.45, 2.75) is 13.0 Å². The monoisotopic (exact) mass is 246 g/mol. The Morgan fingerprint density at radius 3 is 3.00 bits per heavy atom. The third-order valence-corrected chi connectivity index (χ3v) is 3.13. The average molecular weight is 246 g/mol. The lowest BCUT2D eigenvalue weighted by atomic mass is 10.1. The first-order valence-corrected chi connectivity index (χ1v) is 5.79. The molecule has 1 N–H and O–H groups in total. The van der Waals surface area contributed by atoms with Gasteiger partial charge in [-0.15, -0.1) is 0 Å². The van der Waals surface area contributed by atoms with Crippen LogP contribution in [0.15, 0.2) is 18.2 Å². The van der Waals surface area contributed by atoms with Crippen molar-refractivity contribution in [3.8, 4) is 6.07 Å². The van der Waals surface area contributed by atoms with E-state index in [1.165, 1.54) is 6.07 Å². The lowest BCUT2D eigenvalue weighted by molar-refractivity contribution is -0.385. The molecule has 0 aliphatic carbocycles. The van der Waals surface area contributed by atoms with Crippen LogP contribution in [0.5, 0.6) is 0 Å². The van der Waals surface area contributed by atoms with Crippen LogP contribution in [0.25, 0.3) is 0 Å². The maximum absolute atomic E-state index is 10.8. The van der Waals surface area contributed by atoms with Gasteiger partial charge >= 0.3 is 0 Å². The summed E-state index contributed by atoms with van der Waals surface area (Å²) in [5.41, 5.74) is 0.846. The van der Waals surface area contributed by atoms with Crippen LogP contribution in [0.4, 0.5) is 11.4 Å². The van der Waals surface area contributed by atoms with Crippen molar-refractivity contribution in [1.82, 2.24) is 5.32 Å². The molecule has 1 fully saturated rings. The second-order valence-electron chi connectivity index (χ2n) is 4.32. The number of benzene rings is 1. The van der Waals surface area contributed by atoms with E-state index in [0.29, 0.717) is 6.04 Å². The zero-order valence-corrected chi connectivity index (χ0v) is 10.1.